The highest BCUT2D eigenvalue weighted by Crippen LogP contribution is 2.39. The summed E-state index contributed by atoms with van der Waals surface area (Å²) >= 11 is 0. The smallest absolute Gasteiger partial charge is 0.0534 e. The Hall–Kier alpha value is -1.28. The maximum absolute atomic E-state index is 3.41. The van der Waals surface area contributed by atoms with Crippen molar-refractivity contribution < 1.29 is 0 Å². The van der Waals surface area contributed by atoms with E-state index in [1.54, 1.807) is 0 Å². The van der Waals surface area contributed by atoms with Gasteiger partial charge in [-0.05, 0) is 57.0 Å². The van der Waals surface area contributed by atoms with Gasteiger partial charge in [0.05, 0.1) is 5.54 Å². The molecule has 2 nitrogen and oxygen atoms in total. The number of nitrogens with zero attached hydrogens (tertiary/aromatic N) is 1. The molecule has 2 heteroatoms. The number of benzene rings is 1. The second-order valence-corrected chi connectivity index (χ2v) is 6.26. The van der Waals surface area contributed by atoms with E-state index in [4.69, 9.17) is 0 Å². The van der Waals surface area contributed by atoms with Gasteiger partial charge in [0.15, 0.2) is 0 Å². The average molecular weight is 272 g/mol. The first-order valence-corrected chi connectivity index (χ1v) is 7.80. The van der Waals surface area contributed by atoms with Crippen LogP contribution in [0.3, 0.4) is 0 Å². The molecule has 1 heterocycles. The third-order valence-corrected chi connectivity index (χ3v) is 4.07. The standard InChI is InChI=1S/C18H28N2/c1-6-10-20-17-9-8-15(13-19-7-2)11-16(17)14(3)12-18(20,4)5/h8-9,11-12,19H,6-7,10,13H2,1-5H3. The molecule has 0 spiro atoms. The maximum Gasteiger partial charge on any atom is 0.0534 e. The van der Waals surface area contributed by atoms with Crippen molar-refractivity contribution in [1.82, 2.24) is 5.32 Å². The van der Waals surface area contributed by atoms with Crippen molar-refractivity contribution in [2.75, 3.05) is 18.0 Å². The van der Waals surface area contributed by atoms with Gasteiger partial charge in [-0.15, -0.1) is 0 Å². The minimum absolute atomic E-state index is 0.107. The molecule has 1 aliphatic rings. The summed E-state index contributed by atoms with van der Waals surface area (Å²) in [6.45, 7) is 14.3. The molecule has 0 saturated heterocycles. The Morgan fingerprint density at radius 2 is 1.95 bits per heavy atom. The summed E-state index contributed by atoms with van der Waals surface area (Å²) in [5, 5.41) is 3.41. The fourth-order valence-corrected chi connectivity index (χ4v) is 3.14. The Labute approximate surface area is 123 Å². The number of anilines is 1. The third kappa shape index (κ3) is 2.90. The predicted octanol–water partition coefficient (Wildman–Crippen LogP) is 4.21. The quantitative estimate of drug-likeness (QED) is 0.864. The Kier molecular flexibility index (Phi) is 4.54. The zero-order chi connectivity index (χ0) is 14.8. The number of fused-ring (bicyclic) bond motifs is 1. The first kappa shape index (κ1) is 15.1. The summed E-state index contributed by atoms with van der Waals surface area (Å²) in [5.74, 6) is 0. The van der Waals surface area contributed by atoms with Gasteiger partial charge in [0.25, 0.3) is 0 Å². The van der Waals surface area contributed by atoms with Crippen molar-refractivity contribution in [3.05, 3.63) is 35.4 Å². The molecule has 0 fully saturated rings. The minimum Gasteiger partial charge on any atom is -0.362 e. The topological polar surface area (TPSA) is 15.3 Å². The summed E-state index contributed by atoms with van der Waals surface area (Å²) in [7, 11) is 0. The lowest BCUT2D eigenvalue weighted by Crippen LogP contribution is -2.45. The van der Waals surface area contributed by atoms with Gasteiger partial charge in [-0.25, -0.2) is 0 Å². The van der Waals surface area contributed by atoms with E-state index in [-0.39, 0.29) is 5.54 Å². The van der Waals surface area contributed by atoms with Crippen molar-refractivity contribution in [2.45, 2.75) is 53.1 Å². The molecule has 0 radical (unpaired) electrons. The molecule has 2 rings (SSSR count). The van der Waals surface area contributed by atoms with Gasteiger partial charge in [-0.3, -0.25) is 0 Å². The average Bonchev–Trinajstić information content (AvgIpc) is 2.40. The lowest BCUT2D eigenvalue weighted by atomic mass is 9.88. The molecule has 0 aromatic heterocycles. The first-order valence-electron chi connectivity index (χ1n) is 7.80. The highest BCUT2D eigenvalue weighted by atomic mass is 15.2. The highest BCUT2D eigenvalue weighted by Gasteiger charge is 2.30. The van der Waals surface area contributed by atoms with Crippen LogP contribution in [-0.4, -0.2) is 18.6 Å². The summed E-state index contributed by atoms with van der Waals surface area (Å²) in [6.07, 6.45) is 3.58. The van der Waals surface area contributed by atoms with E-state index >= 15 is 0 Å². The lowest BCUT2D eigenvalue weighted by Gasteiger charge is -2.43. The number of hydrogen-bond acceptors (Lipinski definition) is 2. The van der Waals surface area contributed by atoms with Crippen molar-refractivity contribution in [1.29, 1.82) is 0 Å². The van der Waals surface area contributed by atoms with Gasteiger partial charge in [-0.1, -0.05) is 26.0 Å². The lowest BCUT2D eigenvalue weighted by molar-refractivity contribution is 0.550. The second-order valence-electron chi connectivity index (χ2n) is 6.26. The number of hydrogen-bond donors (Lipinski definition) is 1. The van der Waals surface area contributed by atoms with E-state index in [0.717, 1.165) is 19.6 Å². The molecule has 0 aliphatic carbocycles. The molecule has 1 aromatic rings. The number of rotatable bonds is 5. The van der Waals surface area contributed by atoms with E-state index in [9.17, 15) is 0 Å². The summed E-state index contributed by atoms with van der Waals surface area (Å²) in [5.41, 5.74) is 5.66. The zero-order valence-corrected chi connectivity index (χ0v) is 13.6. The van der Waals surface area contributed by atoms with Crippen LogP contribution in [-0.2, 0) is 6.54 Å². The summed E-state index contributed by atoms with van der Waals surface area (Å²) in [6, 6.07) is 6.91. The monoisotopic (exact) mass is 272 g/mol. The van der Waals surface area contributed by atoms with Crippen LogP contribution in [0.5, 0.6) is 0 Å². The molecule has 1 aromatic carbocycles. The first-order chi connectivity index (χ1) is 9.49. The summed E-state index contributed by atoms with van der Waals surface area (Å²) in [4.78, 5) is 2.53. The van der Waals surface area contributed by atoms with Crippen LogP contribution in [0.25, 0.3) is 5.57 Å². The van der Waals surface area contributed by atoms with E-state index < -0.39 is 0 Å². The normalized spacial score (nSPS) is 16.9. The number of allylic oxidation sites excluding steroid dienone is 1. The van der Waals surface area contributed by atoms with Gasteiger partial charge in [0.2, 0.25) is 0 Å². The van der Waals surface area contributed by atoms with Gasteiger partial charge >= 0.3 is 0 Å². The van der Waals surface area contributed by atoms with Crippen LogP contribution < -0.4 is 10.2 Å². The Balaban J connectivity index is 2.40. The van der Waals surface area contributed by atoms with Crippen molar-refractivity contribution in [2.24, 2.45) is 0 Å². The zero-order valence-electron chi connectivity index (χ0n) is 13.6. The minimum atomic E-state index is 0.107. The van der Waals surface area contributed by atoms with E-state index in [0.29, 0.717) is 0 Å². The van der Waals surface area contributed by atoms with Crippen molar-refractivity contribution in [3.8, 4) is 0 Å². The van der Waals surface area contributed by atoms with Crippen molar-refractivity contribution in [3.63, 3.8) is 0 Å². The van der Waals surface area contributed by atoms with Crippen LogP contribution >= 0.6 is 0 Å². The molecular formula is C18H28N2. The van der Waals surface area contributed by atoms with Crippen LogP contribution in [0.15, 0.2) is 24.3 Å². The molecule has 1 aliphatic heterocycles. The van der Waals surface area contributed by atoms with Crippen LogP contribution in [0, 0.1) is 0 Å². The third-order valence-electron chi connectivity index (χ3n) is 4.07. The molecule has 0 saturated carbocycles. The molecule has 1 N–H and O–H groups in total. The number of nitrogens with one attached hydrogen (secondary N) is 1. The fourth-order valence-electron chi connectivity index (χ4n) is 3.14. The van der Waals surface area contributed by atoms with Gasteiger partial charge < -0.3 is 10.2 Å². The van der Waals surface area contributed by atoms with Crippen molar-refractivity contribution >= 4 is 11.3 Å². The maximum atomic E-state index is 3.41. The second kappa shape index (κ2) is 6.01. The van der Waals surface area contributed by atoms with Crippen LogP contribution in [0.2, 0.25) is 0 Å². The van der Waals surface area contributed by atoms with E-state index in [1.165, 1.54) is 28.8 Å². The van der Waals surface area contributed by atoms with E-state index in [2.05, 4.69) is 69.1 Å². The molecule has 0 bridgehead atoms. The largest absolute Gasteiger partial charge is 0.362 e. The SMILES string of the molecule is CCCN1c2ccc(CNCC)cc2C(C)=CC1(C)C. The van der Waals surface area contributed by atoms with Gasteiger partial charge in [0.1, 0.15) is 0 Å². The van der Waals surface area contributed by atoms with E-state index in [1.807, 2.05) is 0 Å². The molecule has 0 atom stereocenters. The van der Waals surface area contributed by atoms with Crippen LogP contribution in [0.1, 0.15) is 52.2 Å². The van der Waals surface area contributed by atoms with Gasteiger partial charge in [-0.2, -0.15) is 0 Å². The highest BCUT2D eigenvalue weighted by molar-refractivity contribution is 5.81. The van der Waals surface area contributed by atoms with Crippen LogP contribution in [0.4, 0.5) is 5.69 Å². The molecule has 0 amide bonds. The molecule has 20 heavy (non-hydrogen) atoms. The molecule has 110 valence electrons. The Morgan fingerprint density at radius 3 is 2.60 bits per heavy atom. The summed E-state index contributed by atoms with van der Waals surface area (Å²) < 4.78 is 0. The molecule has 0 unspecified atom stereocenters. The van der Waals surface area contributed by atoms with Gasteiger partial charge in [0, 0.05) is 24.3 Å². The predicted molar refractivity (Wildman–Crippen MR) is 89.2 cm³/mol. The Bertz CT molecular complexity index is 500. The fraction of sp³-hybridized carbons (Fsp3) is 0.556. The Morgan fingerprint density at radius 1 is 1.20 bits per heavy atom. The molecular weight excluding hydrogens is 244 g/mol.